The van der Waals surface area contributed by atoms with Crippen LogP contribution < -0.4 is 10.9 Å². The van der Waals surface area contributed by atoms with Crippen LogP contribution in [-0.4, -0.2) is 30.7 Å². The molecule has 2 N–H and O–H groups in total. The minimum Gasteiger partial charge on any atom is -0.345 e. The second-order valence-electron chi connectivity index (χ2n) is 6.42. The van der Waals surface area contributed by atoms with Gasteiger partial charge in [-0.1, -0.05) is 0 Å². The van der Waals surface area contributed by atoms with Gasteiger partial charge in [0.15, 0.2) is 5.82 Å². The number of aromatic nitrogens is 4. The molecule has 0 spiro atoms. The summed E-state index contributed by atoms with van der Waals surface area (Å²) in [5, 5.41) is 4.29. The molecule has 4 rings (SSSR count). The number of nitrogens with one attached hydrogen (secondary N) is 2. The molecule has 3 heterocycles. The van der Waals surface area contributed by atoms with Gasteiger partial charge >= 0.3 is 0 Å². The molecule has 0 aliphatic rings. The Bertz CT molecular complexity index is 1210. The molecule has 0 aliphatic carbocycles. The fraction of sp³-hybridized carbons (Fsp3) is 0.0500. The maximum absolute atomic E-state index is 13.3. The Kier molecular flexibility index (Phi) is 5.23. The van der Waals surface area contributed by atoms with Gasteiger partial charge in [0.2, 0.25) is 0 Å². The van der Waals surface area contributed by atoms with E-state index in [4.69, 9.17) is 0 Å². The highest BCUT2D eigenvalue weighted by Gasteiger charge is 2.21. The van der Waals surface area contributed by atoms with Gasteiger partial charge in [-0.3, -0.25) is 20.4 Å². The number of hydrazine groups is 1. The van der Waals surface area contributed by atoms with Crippen molar-refractivity contribution in [1.29, 1.82) is 0 Å². The highest BCUT2D eigenvalue weighted by atomic mass is 79.9. The lowest BCUT2D eigenvalue weighted by molar-refractivity contribution is 0.0842. The molecule has 0 radical (unpaired) electrons. The maximum Gasteiger partial charge on any atom is 0.286 e. The van der Waals surface area contributed by atoms with Crippen LogP contribution in [0.15, 0.2) is 71.7 Å². The van der Waals surface area contributed by atoms with E-state index >= 15 is 0 Å². The Morgan fingerprint density at radius 3 is 2.37 bits per heavy atom. The van der Waals surface area contributed by atoms with Crippen LogP contribution in [0.3, 0.4) is 0 Å². The van der Waals surface area contributed by atoms with Crippen LogP contribution in [0.4, 0.5) is 4.39 Å². The van der Waals surface area contributed by atoms with Gasteiger partial charge in [0.05, 0.1) is 11.9 Å². The number of nitrogens with zero attached hydrogens (tertiary/aromatic N) is 4. The summed E-state index contributed by atoms with van der Waals surface area (Å²) in [6, 6.07) is 11.0. The number of carbonyl (C=O) groups excluding carboxylic acids is 2. The lowest BCUT2D eigenvalue weighted by Gasteiger charge is -2.12. The minimum atomic E-state index is -0.548. The van der Waals surface area contributed by atoms with E-state index in [9.17, 15) is 14.0 Å². The number of hydrogen-bond donors (Lipinski definition) is 2. The topological polar surface area (TPSA) is 85.9 Å². The SMILES string of the molecule is Cn1cc(Br)cc1C(=O)NNC(=O)c1cnn(-c2ccc(F)cc2)c1-n1cccc1. The molecule has 4 aromatic rings. The summed E-state index contributed by atoms with van der Waals surface area (Å²) in [5.41, 5.74) is 6.00. The molecule has 0 saturated carbocycles. The normalized spacial score (nSPS) is 10.8. The quantitative estimate of drug-likeness (QED) is 0.449. The Balaban J connectivity index is 1.62. The second-order valence-corrected chi connectivity index (χ2v) is 7.34. The van der Waals surface area contributed by atoms with Crippen molar-refractivity contribution in [2.75, 3.05) is 0 Å². The number of rotatable bonds is 4. The summed E-state index contributed by atoms with van der Waals surface area (Å²) in [6.07, 6.45) is 6.63. The molecule has 2 amide bonds. The largest absolute Gasteiger partial charge is 0.345 e. The fourth-order valence-electron chi connectivity index (χ4n) is 2.99. The van der Waals surface area contributed by atoms with Crippen molar-refractivity contribution in [2.45, 2.75) is 0 Å². The van der Waals surface area contributed by atoms with Gasteiger partial charge in [0, 0.05) is 30.1 Å². The zero-order valence-corrected chi connectivity index (χ0v) is 17.3. The number of amides is 2. The first-order valence-electron chi connectivity index (χ1n) is 8.84. The third kappa shape index (κ3) is 3.77. The van der Waals surface area contributed by atoms with Crippen LogP contribution in [0.25, 0.3) is 11.5 Å². The average molecular weight is 471 g/mol. The van der Waals surface area contributed by atoms with Gasteiger partial charge < -0.3 is 9.13 Å². The zero-order valence-electron chi connectivity index (χ0n) is 15.7. The standard InChI is InChI=1S/C20H16BrFN6O2/c1-26-12-13(21)10-17(26)19(30)25-24-18(29)16-11-23-28(15-6-4-14(22)5-7-15)20(16)27-8-2-3-9-27/h2-12H,1H3,(H,24,29)(H,25,30). The molecule has 0 aliphatic heterocycles. The maximum atomic E-state index is 13.3. The van der Waals surface area contributed by atoms with E-state index in [1.807, 2.05) is 0 Å². The molecule has 0 unspecified atom stereocenters. The van der Waals surface area contributed by atoms with Crippen LogP contribution in [0.2, 0.25) is 0 Å². The van der Waals surface area contributed by atoms with E-state index in [0.29, 0.717) is 17.2 Å². The highest BCUT2D eigenvalue weighted by Crippen LogP contribution is 2.20. The van der Waals surface area contributed by atoms with Gasteiger partial charge in [-0.05, 0) is 58.4 Å². The van der Waals surface area contributed by atoms with Crippen molar-refractivity contribution in [1.82, 2.24) is 29.8 Å². The molecule has 10 heteroatoms. The van der Waals surface area contributed by atoms with E-state index in [0.717, 1.165) is 4.47 Å². The van der Waals surface area contributed by atoms with Crippen LogP contribution >= 0.6 is 15.9 Å². The third-order valence-corrected chi connectivity index (χ3v) is 4.84. The van der Waals surface area contributed by atoms with E-state index < -0.39 is 11.8 Å². The summed E-state index contributed by atoms with van der Waals surface area (Å²) >= 11 is 3.30. The predicted octanol–water partition coefficient (Wildman–Crippen LogP) is 2.98. The summed E-state index contributed by atoms with van der Waals surface area (Å²) in [4.78, 5) is 25.2. The second kappa shape index (κ2) is 7.99. The monoisotopic (exact) mass is 470 g/mol. The molecule has 0 atom stereocenters. The van der Waals surface area contributed by atoms with Gasteiger partial charge in [-0.2, -0.15) is 5.10 Å². The summed E-state index contributed by atoms with van der Waals surface area (Å²) in [5.74, 6) is -0.944. The summed E-state index contributed by atoms with van der Waals surface area (Å²) in [6.45, 7) is 0. The number of carbonyl (C=O) groups is 2. The smallest absolute Gasteiger partial charge is 0.286 e. The van der Waals surface area contributed by atoms with Crippen LogP contribution in [0.5, 0.6) is 0 Å². The van der Waals surface area contributed by atoms with E-state index in [1.165, 1.54) is 23.0 Å². The van der Waals surface area contributed by atoms with Gasteiger partial charge in [0.1, 0.15) is 17.1 Å². The molecule has 152 valence electrons. The molecule has 8 nitrogen and oxygen atoms in total. The molecule has 1 aromatic carbocycles. The minimum absolute atomic E-state index is 0.226. The van der Waals surface area contributed by atoms with Crippen molar-refractivity contribution in [3.8, 4) is 11.5 Å². The molecule has 0 bridgehead atoms. The van der Waals surface area contributed by atoms with Crippen LogP contribution in [0.1, 0.15) is 20.8 Å². The Morgan fingerprint density at radius 1 is 1.07 bits per heavy atom. The summed E-state index contributed by atoms with van der Waals surface area (Å²) < 4.78 is 18.9. The Hall–Kier alpha value is -3.66. The third-order valence-electron chi connectivity index (χ3n) is 4.40. The number of halogens is 2. The molecule has 0 fully saturated rings. The molecular formula is C20H16BrFN6O2. The van der Waals surface area contributed by atoms with Crippen molar-refractivity contribution < 1.29 is 14.0 Å². The predicted molar refractivity (Wildman–Crippen MR) is 111 cm³/mol. The number of aryl methyl sites for hydroxylation is 1. The highest BCUT2D eigenvalue weighted by molar-refractivity contribution is 9.10. The average Bonchev–Trinajstić information content (AvgIpc) is 3.45. The molecule has 0 saturated heterocycles. The van der Waals surface area contributed by atoms with Gasteiger partial charge in [-0.15, -0.1) is 0 Å². The first-order chi connectivity index (χ1) is 14.4. The van der Waals surface area contributed by atoms with Gasteiger partial charge in [-0.25, -0.2) is 9.07 Å². The fourth-order valence-corrected chi connectivity index (χ4v) is 3.52. The van der Waals surface area contributed by atoms with Crippen molar-refractivity contribution in [3.05, 3.63) is 88.8 Å². The Labute approximate surface area is 179 Å². The van der Waals surface area contributed by atoms with Crippen molar-refractivity contribution >= 4 is 27.7 Å². The van der Waals surface area contributed by atoms with Crippen LogP contribution in [0, 0.1) is 5.82 Å². The molecule has 30 heavy (non-hydrogen) atoms. The van der Waals surface area contributed by atoms with E-state index in [2.05, 4.69) is 31.9 Å². The first-order valence-corrected chi connectivity index (χ1v) is 9.63. The van der Waals surface area contributed by atoms with Crippen molar-refractivity contribution in [3.63, 3.8) is 0 Å². The van der Waals surface area contributed by atoms with Crippen LogP contribution in [-0.2, 0) is 7.05 Å². The lowest BCUT2D eigenvalue weighted by atomic mass is 10.3. The number of hydrogen-bond acceptors (Lipinski definition) is 3. The molecular weight excluding hydrogens is 455 g/mol. The molecule has 3 aromatic heterocycles. The lowest BCUT2D eigenvalue weighted by Crippen LogP contribution is -2.42. The Morgan fingerprint density at radius 2 is 1.73 bits per heavy atom. The van der Waals surface area contributed by atoms with E-state index in [1.54, 1.807) is 65.1 Å². The number of benzene rings is 1. The summed E-state index contributed by atoms with van der Waals surface area (Å²) in [7, 11) is 1.72. The van der Waals surface area contributed by atoms with Crippen molar-refractivity contribution in [2.24, 2.45) is 7.05 Å². The van der Waals surface area contributed by atoms with E-state index in [-0.39, 0.29) is 11.4 Å². The van der Waals surface area contributed by atoms with Gasteiger partial charge in [0.25, 0.3) is 11.8 Å². The first kappa shape index (κ1) is 19.6. The zero-order chi connectivity index (χ0) is 21.3.